The number of benzene rings is 1. The van der Waals surface area contributed by atoms with Gasteiger partial charge in [0.25, 0.3) is 0 Å². The fraction of sp³-hybridized carbons (Fsp3) is 0.0833. The summed E-state index contributed by atoms with van der Waals surface area (Å²) in [7, 11) is 1.69. The van der Waals surface area contributed by atoms with E-state index in [2.05, 4.69) is 15.7 Å². The van der Waals surface area contributed by atoms with Crippen LogP contribution < -0.4 is 10.6 Å². The van der Waals surface area contributed by atoms with Crippen molar-refractivity contribution in [1.29, 1.82) is 0 Å². The van der Waals surface area contributed by atoms with Crippen molar-refractivity contribution in [3.63, 3.8) is 0 Å². The summed E-state index contributed by atoms with van der Waals surface area (Å²) in [6.45, 7) is 0. The summed E-state index contributed by atoms with van der Waals surface area (Å²) in [6.07, 6.45) is 1.64. The Morgan fingerprint density at radius 3 is 2.65 bits per heavy atom. The zero-order valence-corrected chi connectivity index (χ0v) is 10.4. The van der Waals surface area contributed by atoms with Gasteiger partial charge in [-0.3, -0.25) is 10.00 Å². The van der Waals surface area contributed by atoms with Crippen LogP contribution in [0.25, 0.3) is 0 Å². The number of amides is 2. The maximum atomic E-state index is 13.0. The molecule has 0 aliphatic rings. The molecular weight excluding hydrogens is 267 g/mol. The van der Waals surface area contributed by atoms with Crippen molar-refractivity contribution in [2.75, 3.05) is 10.6 Å². The standard InChI is InChI=1S/C12H11FN4O3/c1-17-5-4-10(16-17)15-12(20)14-9-3-2-7(13)6-8(9)11(18)19/h2-6H,1H3,(H,18,19)(H2,14,15,16,20). The number of aromatic carboxylic acids is 1. The van der Waals surface area contributed by atoms with Crippen LogP contribution in [0.4, 0.5) is 20.7 Å². The number of carbonyl (C=O) groups is 2. The van der Waals surface area contributed by atoms with Crippen molar-refractivity contribution in [3.8, 4) is 0 Å². The molecule has 2 rings (SSSR count). The summed E-state index contributed by atoms with van der Waals surface area (Å²) in [5.41, 5.74) is -0.339. The van der Waals surface area contributed by atoms with Crippen LogP contribution in [0.3, 0.4) is 0 Å². The SMILES string of the molecule is Cn1ccc(NC(=O)Nc2ccc(F)cc2C(=O)O)n1. The van der Waals surface area contributed by atoms with Crippen molar-refractivity contribution in [3.05, 3.63) is 41.8 Å². The Morgan fingerprint density at radius 1 is 1.30 bits per heavy atom. The van der Waals surface area contributed by atoms with E-state index in [1.54, 1.807) is 19.3 Å². The van der Waals surface area contributed by atoms with Gasteiger partial charge < -0.3 is 10.4 Å². The largest absolute Gasteiger partial charge is 0.478 e. The first-order chi connectivity index (χ1) is 9.45. The second-order valence-corrected chi connectivity index (χ2v) is 3.95. The Hall–Kier alpha value is -2.90. The lowest BCUT2D eigenvalue weighted by Crippen LogP contribution is -2.21. The van der Waals surface area contributed by atoms with E-state index in [0.29, 0.717) is 5.82 Å². The minimum atomic E-state index is -1.34. The van der Waals surface area contributed by atoms with Crippen LogP contribution in [0.2, 0.25) is 0 Å². The smallest absolute Gasteiger partial charge is 0.337 e. The van der Waals surface area contributed by atoms with Crippen LogP contribution >= 0.6 is 0 Å². The van der Waals surface area contributed by atoms with Gasteiger partial charge in [0, 0.05) is 19.3 Å². The summed E-state index contributed by atoms with van der Waals surface area (Å²) in [5.74, 6) is -1.72. The minimum absolute atomic E-state index is 0.00710. The summed E-state index contributed by atoms with van der Waals surface area (Å²) >= 11 is 0. The van der Waals surface area contributed by atoms with Gasteiger partial charge in [0.15, 0.2) is 5.82 Å². The average Bonchev–Trinajstić information content (AvgIpc) is 2.76. The fourth-order valence-electron chi connectivity index (χ4n) is 1.55. The second kappa shape index (κ2) is 5.39. The number of hydrogen-bond donors (Lipinski definition) is 3. The van der Waals surface area contributed by atoms with Gasteiger partial charge in [0.2, 0.25) is 0 Å². The summed E-state index contributed by atoms with van der Waals surface area (Å²) in [5, 5.41) is 17.6. The lowest BCUT2D eigenvalue weighted by molar-refractivity contribution is 0.0697. The minimum Gasteiger partial charge on any atom is -0.478 e. The number of nitrogens with one attached hydrogen (secondary N) is 2. The van der Waals surface area contributed by atoms with Crippen molar-refractivity contribution >= 4 is 23.5 Å². The van der Waals surface area contributed by atoms with Crippen LogP contribution in [0.1, 0.15) is 10.4 Å². The molecule has 3 N–H and O–H groups in total. The maximum Gasteiger partial charge on any atom is 0.337 e. The normalized spacial score (nSPS) is 10.1. The summed E-state index contributed by atoms with van der Waals surface area (Å²) < 4.78 is 14.5. The molecule has 7 nitrogen and oxygen atoms in total. The van der Waals surface area contributed by atoms with Gasteiger partial charge in [-0.2, -0.15) is 5.10 Å². The first-order valence-corrected chi connectivity index (χ1v) is 5.56. The molecule has 0 bridgehead atoms. The predicted molar refractivity (Wildman–Crippen MR) is 69.2 cm³/mol. The number of anilines is 2. The van der Waals surface area contributed by atoms with Gasteiger partial charge in [-0.05, 0) is 18.2 Å². The van der Waals surface area contributed by atoms with Crippen LogP contribution in [0.5, 0.6) is 0 Å². The molecule has 0 atom stereocenters. The third-order valence-corrected chi connectivity index (χ3v) is 2.42. The van der Waals surface area contributed by atoms with Crippen LogP contribution in [-0.2, 0) is 7.05 Å². The number of aryl methyl sites for hydroxylation is 1. The molecule has 0 fully saturated rings. The summed E-state index contributed by atoms with van der Waals surface area (Å²) in [6, 6.07) is 3.97. The first kappa shape index (κ1) is 13.5. The molecule has 20 heavy (non-hydrogen) atoms. The van der Waals surface area contributed by atoms with Gasteiger partial charge >= 0.3 is 12.0 Å². The van der Waals surface area contributed by atoms with Crippen molar-refractivity contribution in [2.24, 2.45) is 7.05 Å². The quantitative estimate of drug-likeness (QED) is 0.798. The van der Waals surface area contributed by atoms with Crippen LogP contribution in [0.15, 0.2) is 30.5 Å². The maximum absolute atomic E-state index is 13.0. The zero-order valence-electron chi connectivity index (χ0n) is 10.4. The molecule has 8 heteroatoms. The van der Waals surface area contributed by atoms with E-state index in [9.17, 15) is 14.0 Å². The van der Waals surface area contributed by atoms with E-state index in [1.807, 2.05) is 0 Å². The average molecular weight is 278 g/mol. The molecule has 0 aliphatic carbocycles. The highest BCUT2D eigenvalue weighted by atomic mass is 19.1. The van der Waals surface area contributed by atoms with Gasteiger partial charge in [0.1, 0.15) is 5.82 Å². The molecule has 2 amide bonds. The van der Waals surface area contributed by atoms with E-state index in [4.69, 9.17) is 5.11 Å². The number of carboxylic acid groups (broad SMARTS) is 1. The Balaban J connectivity index is 2.13. The number of hydrogen-bond acceptors (Lipinski definition) is 3. The highest BCUT2D eigenvalue weighted by molar-refractivity contribution is 6.04. The Morgan fingerprint density at radius 2 is 2.05 bits per heavy atom. The molecule has 0 spiro atoms. The molecular formula is C12H11FN4O3. The first-order valence-electron chi connectivity index (χ1n) is 5.56. The molecule has 1 aromatic heterocycles. The van der Waals surface area contributed by atoms with Gasteiger partial charge in [-0.15, -0.1) is 0 Å². The molecule has 0 saturated heterocycles. The zero-order chi connectivity index (χ0) is 14.7. The van der Waals surface area contributed by atoms with Crippen molar-refractivity contribution in [1.82, 2.24) is 9.78 Å². The van der Waals surface area contributed by atoms with Crippen LogP contribution in [0, 0.1) is 5.82 Å². The molecule has 1 heterocycles. The van der Waals surface area contributed by atoms with Crippen LogP contribution in [-0.4, -0.2) is 26.9 Å². The lowest BCUT2D eigenvalue weighted by Gasteiger charge is -2.08. The Bertz CT molecular complexity index is 668. The predicted octanol–water partition coefficient (Wildman–Crippen LogP) is 1.90. The lowest BCUT2D eigenvalue weighted by atomic mass is 10.2. The van der Waals surface area contributed by atoms with E-state index in [0.717, 1.165) is 12.1 Å². The number of rotatable bonds is 3. The highest BCUT2D eigenvalue weighted by Crippen LogP contribution is 2.17. The molecule has 0 saturated carbocycles. The summed E-state index contributed by atoms with van der Waals surface area (Å²) in [4.78, 5) is 22.7. The highest BCUT2D eigenvalue weighted by Gasteiger charge is 2.14. The van der Waals surface area contributed by atoms with Crippen molar-refractivity contribution in [2.45, 2.75) is 0 Å². The van der Waals surface area contributed by atoms with Gasteiger partial charge in [-0.1, -0.05) is 0 Å². The third-order valence-electron chi connectivity index (χ3n) is 2.42. The van der Waals surface area contributed by atoms with E-state index >= 15 is 0 Å². The number of nitrogens with zero attached hydrogens (tertiary/aromatic N) is 2. The number of carbonyl (C=O) groups excluding carboxylic acids is 1. The van der Waals surface area contributed by atoms with E-state index in [-0.39, 0.29) is 11.3 Å². The number of urea groups is 1. The number of halogens is 1. The Kier molecular flexibility index (Phi) is 3.65. The number of aromatic nitrogens is 2. The van der Waals surface area contributed by atoms with Gasteiger partial charge in [0.05, 0.1) is 11.3 Å². The molecule has 0 aliphatic heterocycles. The topological polar surface area (TPSA) is 96.2 Å². The van der Waals surface area contributed by atoms with Crippen molar-refractivity contribution < 1.29 is 19.1 Å². The Labute approximate surface area is 113 Å². The molecule has 2 aromatic rings. The second-order valence-electron chi connectivity index (χ2n) is 3.95. The van der Waals surface area contributed by atoms with E-state index < -0.39 is 17.8 Å². The molecule has 0 radical (unpaired) electrons. The molecule has 1 aromatic carbocycles. The molecule has 0 unspecified atom stereocenters. The van der Waals surface area contributed by atoms with E-state index in [1.165, 1.54) is 10.7 Å². The molecule has 104 valence electrons. The third kappa shape index (κ3) is 3.10. The monoisotopic (exact) mass is 278 g/mol. The number of carboxylic acids is 1. The fourth-order valence-corrected chi connectivity index (χ4v) is 1.55. The van der Waals surface area contributed by atoms with Gasteiger partial charge in [-0.25, -0.2) is 14.0 Å².